The third kappa shape index (κ3) is 7.62. The zero-order valence-electron chi connectivity index (χ0n) is 40.3. The van der Waals surface area contributed by atoms with E-state index in [-0.39, 0.29) is 16.2 Å². The summed E-state index contributed by atoms with van der Waals surface area (Å²) in [4.78, 5) is 5.00. The molecular formula is C61H56N6O. The third-order valence-corrected chi connectivity index (χ3v) is 13.2. The summed E-state index contributed by atoms with van der Waals surface area (Å²) in [6, 6.07) is 60.2. The first-order chi connectivity index (χ1) is 32.6. The molecule has 7 heteroatoms. The van der Waals surface area contributed by atoms with Gasteiger partial charge in [-0.2, -0.15) is 4.68 Å². The zero-order chi connectivity index (χ0) is 47.1. The lowest BCUT2D eigenvalue weighted by molar-refractivity contribution is -0.589. The second kappa shape index (κ2) is 15.9. The van der Waals surface area contributed by atoms with Crippen LogP contribution >= 0.6 is 0 Å². The molecule has 68 heavy (non-hydrogen) atoms. The summed E-state index contributed by atoms with van der Waals surface area (Å²) in [7, 11) is 0. The van der Waals surface area contributed by atoms with Gasteiger partial charge in [-0.1, -0.05) is 159 Å². The Hall–Kier alpha value is -7.77. The average molecular weight is 889 g/mol. The van der Waals surface area contributed by atoms with Crippen LogP contribution in [0.1, 0.15) is 79.0 Å². The van der Waals surface area contributed by atoms with Gasteiger partial charge in [-0.05, 0) is 105 Å². The lowest BCUT2D eigenvalue weighted by Gasteiger charge is -2.27. The van der Waals surface area contributed by atoms with E-state index in [0.717, 1.165) is 56.1 Å². The summed E-state index contributed by atoms with van der Waals surface area (Å²) in [5, 5.41) is 9.93. The van der Waals surface area contributed by atoms with Crippen molar-refractivity contribution in [1.82, 2.24) is 23.9 Å². The molecule has 0 amide bonds. The van der Waals surface area contributed by atoms with E-state index >= 15 is 0 Å². The van der Waals surface area contributed by atoms with Gasteiger partial charge in [0.2, 0.25) is 12.2 Å². The van der Waals surface area contributed by atoms with Gasteiger partial charge in [-0.15, -0.1) is 0 Å². The van der Waals surface area contributed by atoms with Gasteiger partial charge in [0.1, 0.15) is 17.3 Å². The smallest absolute Gasteiger partial charge is 0.231 e. The van der Waals surface area contributed by atoms with Crippen molar-refractivity contribution in [3.8, 4) is 45.8 Å². The molecule has 0 saturated carbocycles. The van der Waals surface area contributed by atoms with Gasteiger partial charge in [-0.25, -0.2) is 4.98 Å². The Labute approximate surface area is 398 Å². The lowest BCUT2D eigenvalue weighted by atomic mass is 9.80. The monoisotopic (exact) mass is 888 g/mol. The Morgan fingerprint density at radius 1 is 0.456 bits per heavy atom. The van der Waals surface area contributed by atoms with Crippen LogP contribution < -0.4 is 9.30 Å². The molecule has 0 saturated heterocycles. The minimum atomic E-state index is -0.0571. The summed E-state index contributed by atoms with van der Waals surface area (Å²) < 4.78 is 15.4. The van der Waals surface area contributed by atoms with Crippen molar-refractivity contribution >= 4 is 43.6 Å². The molecule has 0 aliphatic carbocycles. The third-order valence-electron chi connectivity index (χ3n) is 13.2. The fourth-order valence-corrected chi connectivity index (χ4v) is 9.44. The van der Waals surface area contributed by atoms with Crippen molar-refractivity contribution in [3.05, 3.63) is 199 Å². The highest BCUT2D eigenvalue weighted by atomic mass is 16.5. The number of para-hydroxylation sites is 2. The van der Waals surface area contributed by atoms with E-state index in [0.29, 0.717) is 11.5 Å². The molecule has 11 rings (SSSR count). The standard InChI is InChI=1S/C61H56N6O/c1-59(2,3)41-30-31-62-57(35-41)67-55-29-26-45(66-53-24-15-13-22-49(53)50-23-14-16-25-54(50)66)37-52(55)51-28-27-48(38-56(51)67)68-47-21-17-20-44(36-47)65-39-64(58(63-65)40-18-11-10-12-19-40)46-33-42(60(4,5)6)32-43(34-46)61(7,8)9/h10-38H,1-9H3. The molecule has 0 N–H and O–H groups in total. The van der Waals surface area contributed by atoms with Gasteiger partial charge in [0.05, 0.1) is 27.8 Å². The molecule has 0 bridgehead atoms. The van der Waals surface area contributed by atoms with E-state index in [2.05, 4.69) is 222 Å². The molecular weight excluding hydrogens is 833 g/mol. The van der Waals surface area contributed by atoms with Crippen molar-refractivity contribution < 1.29 is 9.30 Å². The molecule has 0 radical (unpaired) electrons. The first kappa shape index (κ1) is 42.8. The van der Waals surface area contributed by atoms with Crippen LogP contribution in [-0.2, 0) is 16.2 Å². The highest BCUT2D eigenvalue weighted by Crippen LogP contribution is 2.39. The van der Waals surface area contributed by atoms with E-state index in [1.807, 2.05) is 41.2 Å². The molecule has 0 aliphatic heterocycles. The van der Waals surface area contributed by atoms with Crippen LogP contribution in [0.25, 0.3) is 77.9 Å². The number of hydrogen-bond acceptors (Lipinski definition) is 3. The van der Waals surface area contributed by atoms with Crippen LogP contribution in [0.15, 0.2) is 176 Å². The Balaban J connectivity index is 1.03. The van der Waals surface area contributed by atoms with E-state index < -0.39 is 0 Å². The molecule has 0 unspecified atom stereocenters. The number of aromatic nitrogens is 6. The van der Waals surface area contributed by atoms with Crippen LogP contribution in [0.3, 0.4) is 0 Å². The van der Waals surface area contributed by atoms with Gasteiger partial charge in [0.25, 0.3) is 0 Å². The first-order valence-electron chi connectivity index (χ1n) is 23.6. The second-order valence-corrected chi connectivity index (χ2v) is 21.1. The second-order valence-electron chi connectivity index (χ2n) is 21.1. The van der Waals surface area contributed by atoms with E-state index in [9.17, 15) is 0 Å². The number of rotatable bonds is 7. The molecule has 4 aromatic heterocycles. The lowest BCUT2D eigenvalue weighted by Crippen LogP contribution is -2.33. The number of benzene rings is 7. The van der Waals surface area contributed by atoms with Crippen LogP contribution in [0.4, 0.5) is 0 Å². The molecule has 0 fully saturated rings. The number of fused-ring (bicyclic) bond motifs is 6. The van der Waals surface area contributed by atoms with Crippen molar-refractivity contribution in [2.24, 2.45) is 0 Å². The predicted octanol–water partition coefficient (Wildman–Crippen LogP) is 14.9. The maximum absolute atomic E-state index is 6.81. The maximum atomic E-state index is 6.81. The zero-order valence-corrected chi connectivity index (χ0v) is 40.3. The number of ether oxygens (including phenoxy) is 1. The van der Waals surface area contributed by atoms with Gasteiger partial charge in [0, 0.05) is 50.7 Å². The van der Waals surface area contributed by atoms with Crippen molar-refractivity contribution in [2.45, 2.75) is 78.6 Å². The Kier molecular flexibility index (Phi) is 10.0. The molecule has 0 spiro atoms. The predicted molar refractivity (Wildman–Crippen MR) is 278 cm³/mol. The Bertz CT molecular complexity index is 3630. The summed E-state index contributed by atoms with van der Waals surface area (Å²) in [6.45, 7) is 20.3. The van der Waals surface area contributed by atoms with Crippen molar-refractivity contribution in [2.75, 3.05) is 0 Å². The SMILES string of the molecule is CC(C)(C)c1cc(-[n+]2[c-]n(-c3cccc(Oc4ccc5c6cc(-n7c8ccccc8c8ccccc87)ccc6n(-c6cc(C(C)(C)C)ccn6)c5c4)c3)nc2-c2ccccc2)cc(C(C)(C)C)c1. The van der Waals surface area contributed by atoms with Gasteiger partial charge in [-0.3, -0.25) is 4.57 Å². The largest absolute Gasteiger partial charge is 0.458 e. The molecule has 11 aromatic rings. The van der Waals surface area contributed by atoms with E-state index in [1.54, 1.807) is 0 Å². The molecule has 336 valence electrons. The summed E-state index contributed by atoms with van der Waals surface area (Å²) >= 11 is 0. The molecule has 0 atom stereocenters. The average Bonchev–Trinajstić information content (AvgIpc) is 4.02. The van der Waals surface area contributed by atoms with Crippen molar-refractivity contribution in [1.29, 1.82) is 0 Å². The normalized spacial score (nSPS) is 12.5. The van der Waals surface area contributed by atoms with E-state index in [4.69, 9.17) is 14.8 Å². The molecule has 0 aliphatic rings. The van der Waals surface area contributed by atoms with Crippen LogP contribution in [0.5, 0.6) is 11.5 Å². The Morgan fingerprint density at radius 3 is 1.75 bits per heavy atom. The number of nitrogens with zero attached hydrogens (tertiary/aromatic N) is 6. The van der Waals surface area contributed by atoms with E-state index in [1.165, 1.54) is 38.5 Å². The minimum Gasteiger partial charge on any atom is -0.458 e. The topological polar surface area (TPSA) is 53.7 Å². The fourth-order valence-electron chi connectivity index (χ4n) is 9.44. The van der Waals surface area contributed by atoms with Crippen LogP contribution in [-0.4, -0.2) is 23.9 Å². The first-order valence-corrected chi connectivity index (χ1v) is 23.6. The van der Waals surface area contributed by atoms with Gasteiger partial charge in [0.15, 0.2) is 0 Å². The summed E-state index contributed by atoms with van der Waals surface area (Å²) in [6.07, 6.45) is 5.56. The molecule has 7 aromatic carbocycles. The Morgan fingerprint density at radius 2 is 1.07 bits per heavy atom. The van der Waals surface area contributed by atoms with Crippen molar-refractivity contribution in [3.63, 3.8) is 0 Å². The number of pyridine rings is 1. The van der Waals surface area contributed by atoms with Gasteiger partial charge >= 0.3 is 0 Å². The fraction of sp³-hybridized carbons (Fsp3) is 0.197. The summed E-state index contributed by atoms with van der Waals surface area (Å²) in [5.74, 6) is 3.06. The highest BCUT2D eigenvalue weighted by molar-refractivity contribution is 6.12. The maximum Gasteiger partial charge on any atom is 0.231 e. The minimum absolute atomic E-state index is 0.0497. The van der Waals surface area contributed by atoms with Crippen LogP contribution in [0.2, 0.25) is 0 Å². The number of hydrogen-bond donors (Lipinski definition) is 0. The quantitative estimate of drug-likeness (QED) is 0.118. The van der Waals surface area contributed by atoms with Crippen LogP contribution in [0, 0.1) is 6.33 Å². The highest BCUT2D eigenvalue weighted by Gasteiger charge is 2.24. The molecule has 4 heterocycles. The molecule has 7 nitrogen and oxygen atoms in total. The summed E-state index contributed by atoms with van der Waals surface area (Å²) in [5.41, 5.74) is 12.0. The van der Waals surface area contributed by atoms with Gasteiger partial charge < -0.3 is 13.9 Å².